The Morgan fingerprint density at radius 1 is 1.10 bits per heavy atom. The van der Waals surface area contributed by atoms with Crippen molar-refractivity contribution < 1.29 is 14.8 Å². The van der Waals surface area contributed by atoms with E-state index in [-0.39, 0.29) is 0 Å². The zero-order chi connectivity index (χ0) is 6.81. The molecule has 1 saturated carbocycles. The summed E-state index contributed by atoms with van der Waals surface area (Å²) < 4.78 is 0. The van der Waals surface area contributed by atoms with Crippen molar-refractivity contribution >= 4 is 0 Å². The Kier molecular flexibility index (Phi) is 1.88. The summed E-state index contributed by atoms with van der Waals surface area (Å²) in [6.45, 7) is 0.713. The van der Waals surface area contributed by atoms with Gasteiger partial charge in [-0.2, -0.15) is 0 Å². The number of hydrogen-bond donors (Lipinski definition) is 0. The molecule has 0 amide bonds. The molecule has 1 aliphatic carbocycles. The van der Waals surface area contributed by atoms with Gasteiger partial charge >= 0.3 is 0 Å². The largest absolute Gasteiger partial charge is 0.206 e. The first-order valence-electron chi connectivity index (χ1n) is 3.92. The molecule has 0 bridgehead atoms. The lowest BCUT2D eigenvalue weighted by molar-refractivity contribution is -0.560. The van der Waals surface area contributed by atoms with Crippen molar-refractivity contribution in [3.63, 3.8) is 0 Å². The van der Waals surface area contributed by atoms with Gasteiger partial charge in [-0.1, -0.05) is 17.9 Å². The molecule has 2 rings (SSSR count). The average molecular weight is 144 g/mol. The van der Waals surface area contributed by atoms with Crippen LogP contribution in [0, 0.1) is 5.92 Å². The number of hydrogen-bond acceptors (Lipinski definition) is 3. The minimum absolute atomic E-state index is 0.308. The van der Waals surface area contributed by atoms with Crippen LogP contribution in [0.4, 0.5) is 0 Å². The molecule has 2 aliphatic rings. The summed E-state index contributed by atoms with van der Waals surface area (Å²) in [4.78, 5) is 9.68. The molecule has 0 aromatic rings. The van der Waals surface area contributed by atoms with Crippen molar-refractivity contribution in [2.45, 2.75) is 31.8 Å². The maximum atomic E-state index is 4.96. The summed E-state index contributed by atoms with van der Waals surface area (Å²) in [7, 11) is 0. The summed E-state index contributed by atoms with van der Waals surface area (Å²) in [5.74, 6) is 0.586. The molecule has 1 saturated heterocycles. The lowest BCUT2D eigenvalue weighted by Gasteiger charge is -2.32. The van der Waals surface area contributed by atoms with Gasteiger partial charge in [0.05, 0.1) is 6.61 Å². The topological polar surface area (TPSA) is 27.7 Å². The van der Waals surface area contributed by atoms with E-state index < -0.39 is 0 Å². The van der Waals surface area contributed by atoms with Crippen molar-refractivity contribution in [2.24, 2.45) is 5.92 Å². The van der Waals surface area contributed by atoms with Crippen molar-refractivity contribution in [3.05, 3.63) is 0 Å². The van der Waals surface area contributed by atoms with E-state index >= 15 is 0 Å². The van der Waals surface area contributed by atoms with Gasteiger partial charge in [0.25, 0.3) is 0 Å². The second-order valence-electron chi connectivity index (χ2n) is 3.03. The first kappa shape index (κ1) is 6.58. The molecule has 0 spiro atoms. The molecule has 0 aromatic carbocycles. The predicted octanol–water partition coefficient (Wildman–Crippen LogP) is 1.44. The molecule has 10 heavy (non-hydrogen) atoms. The molecule has 58 valence electrons. The summed E-state index contributed by atoms with van der Waals surface area (Å²) in [6.07, 6.45) is 5.25. The van der Waals surface area contributed by atoms with E-state index in [0.717, 1.165) is 6.42 Å². The molecule has 2 unspecified atom stereocenters. The third-order valence-electron chi connectivity index (χ3n) is 2.33. The van der Waals surface area contributed by atoms with Crippen molar-refractivity contribution in [1.29, 1.82) is 0 Å². The van der Waals surface area contributed by atoms with Crippen LogP contribution in [0.1, 0.15) is 25.7 Å². The molecule has 0 radical (unpaired) electrons. The molecule has 3 heteroatoms. The summed E-state index contributed by atoms with van der Waals surface area (Å²) in [5, 5.41) is 4.44. The minimum Gasteiger partial charge on any atom is -0.206 e. The standard InChI is InChI=1S/C7H12O3/c1-2-4-7-6(3-1)5-8-10-9-7/h6-7H,1-5H2. The highest BCUT2D eigenvalue weighted by Gasteiger charge is 2.30. The van der Waals surface area contributed by atoms with Crippen LogP contribution in [0.2, 0.25) is 0 Å². The van der Waals surface area contributed by atoms with Gasteiger partial charge in [0.2, 0.25) is 0 Å². The fourth-order valence-corrected chi connectivity index (χ4v) is 1.68. The van der Waals surface area contributed by atoms with Gasteiger partial charge in [0, 0.05) is 5.92 Å². The SMILES string of the molecule is C1CCC2OOOCC2C1. The van der Waals surface area contributed by atoms with Gasteiger partial charge < -0.3 is 0 Å². The van der Waals surface area contributed by atoms with Gasteiger partial charge in [-0.3, -0.25) is 0 Å². The number of fused-ring (bicyclic) bond motifs is 1. The van der Waals surface area contributed by atoms with Crippen LogP contribution in [0.25, 0.3) is 0 Å². The van der Waals surface area contributed by atoms with Crippen molar-refractivity contribution in [1.82, 2.24) is 0 Å². The fraction of sp³-hybridized carbons (Fsp3) is 1.00. The Balaban J connectivity index is 1.93. The van der Waals surface area contributed by atoms with Crippen LogP contribution in [0.5, 0.6) is 0 Å². The van der Waals surface area contributed by atoms with Gasteiger partial charge in [0.15, 0.2) is 0 Å². The molecule has 0 aromatic heterocycles. The zero-order valence-corrected chi connectivity index (χ0v) is 5.91. The second-order valence-corrected chi connectivity index (χ2v) is 3.03. The highest BCUT2D eigenvalue weighted by atomic mass is 17.5. The smallest absolute Gasteiger partial charge is 0.101 e. The molecular weight excluding hydrogens is 132 g/mol. The van der Waals surface area contributed by atoms with E-state index in [4.69, 9.17) is 9.78 Å². The van der Waals surface area contributed by atoms with Crippen LogP contribution >= 0.6 is 0 Å². The Morgan fingerprint density at radius 3 is 2.90 bits per heavy atom. The van der Waals surface area contributed by atoms with Gasteiger partial charge in [-0.15, -0.1) is 0 Å². The first-order valence-corrected chi connectivity index (χ1v) is 3.92. The monoisotopic (exact) mass is 144 g/mol. The van der Waals surface area contributed by atoms with Gasteiger partial charge in [-0.05, 0) is 12.8 Å². The molecule has 2 atom stereocenters. The van der Waals surface area contributed by atoms with E-state index in [1.807, 2.05) is 0 Å². The van der Waals surface area contributed by atoms with Crippen LogP contribution < -0.4 is 0 Å². The van der Waals surface area contributed by atoms with Crippen LogP contribution in [-0.4, -0.2) is 12.7 Å². The summed E-state index contributed by atoms with van der Waals surface area (Å²) in [6, 6.07) is 0. The maximum Gasteiger partial charge on any atom is 0.101 e. The van der Waals surface area contributed by atoms with E-state index in [0.29, 0.717) is 18.6 Å². The van der Waals surface area contributed by atoms with Crippen molar-refractivity contribution in [2.75, 3.05) is 6.61 Å². The molecule has 0 N–H and O–H groups in total. The predicted molar refractivity (Wildman–Crippen MR) is 33.9 cm³/mol. The third kappa shape index (κ3) is 1.17. The zero-order valence-electron chi connectivity index (χ0n) is 5.91. The lowest BCUT2D eigenvalue weighted by Crippen LogP contribution is -2.35. The Morgan fingerprint density at radius 2 is 2.00 bits per heavy atom. The second kappa shape index (κ2) is 2.86. The number of rotatable bonds is 0. The Hall–Kier alpha value is -0.120. The molecule has 1 aliphatic heterocycles. The molecule has 3 nitrogen and oxygen atoms in total. The van der Waals surface area contributed by atoms with Crippen LogP contribution in [0.3, 0.4) is 0 Å². The molecule has 2 fully saturated rings. The lowest BCUT2D eigenvalue weighted by atomic mass is 9.87. The average Bonchev–Trinajstić information content (AvgIpc) is 2.05. The van der Waals surface area contributed by atoms with Gasteiger partial charge in [0.1, 0.15) is 6.10 Å². The van der Waals surface area contributed by atoms with E-state index in [2.05, 4.69) is 5.04 Å². The molecular formula is C7H12O3. The summed E-state index contributed by atoms with van der Waals surface area (Å²) >= 11 is 0. The fourth-order valence-electron chi connectivity index (χ4n) is 1.68. The van der Waals surface area contributed by atoms with E-state index in [9.17, 15) is 0 Å². The van der Waals surface area contributed by atoms with Crippen LogP contribution in [0.15, 0.2) is 0 Å². The normalized spacial score (nSPS) is 40.8. The highest BCUT2D eigenvalue weighted by Crippen LogP contribution is 2.29. The minimum atomic E-state index is 0.308. The summed E-state index contributed by atoms with van der Waals surface area (Å²) in [5.41, 5.74) is 0. The quantitative estimate of drug-likeness (QED) is 0.481. The Labute approximate surface area is 60.1 Å². The van der Waals surface area contributed by atoms with E-state index in [1.54, 1.807) is 0 Å². The van der Waals surface area contributed by atoms with Gasteiger partial charge in [-0.25, -0.2) is 9.78 Å². The Bertz CT molecular complexity index is 89.4. The first-order chi connectivity index (χ1) is 4.97. The highest BCUT2D eigenvalue weighted by molar-refractivity contribution is 4.75. The third-order valence-corrected chi connectivity index (χ3v) is 2.33. The molecule has 1 heterocycles. The van der Waals surface area contributed by atoms with Crippen molar-refractivity contribution in [3.8, 4) is 0 Å². The van der Waals surface area contributed by atoms with Crippen LogP contribution in [-0.2, 0) is 14.8 Å². The maximum absolute atomic E-state index is 4.96. The van der Waals surface area contributed by atoms with E-state index in [1.165, 1.54) is 19.3 Å².